The van der Waals surface area contributed by atoms with E-state index in [9.17, 15) is 28.3 Å². The number of rotatable bonds is 4. The van der Waals surface area contributed by atoms with Gasteiger partial charge in [-0.3, -0.25) is 9.59 Å². The maximum Gasteiger partial charge on any atom is 0.333 e. The molecule has 0 unspecified atom stereocenters. The van der Waals surface area contributed by atoms with Crippen molar-refractivity contribution in [1.82, 2.24) is 9.55 Å². The molecule has 6 rings (SSSR count). The summed E-state index contributed by atoms with van der Waals surface area (Å²) in [5, 5.41) is 10.7. The molecule has 7 nitrogen and oxygen atoms in total. The molecule has 2 aliphatic carbocycles. The number of amides is 1. The number of nitrogens with two attached hydrogens (primary N) is 1. The molecule has 4 N–H and O–H groups in total. The monoisotopic (exact) mass is 591 g/mol. The van der Waals surface area contributed by atoms with Gasteiger partial charge in [0, 0.05) is 22.2 Å². The quantitative estimate of drug-likeness (QED) is 0.288. The number of nitrogens with one attached hydrogen (secondary N) is 1. The van der Waals surface area contributed by atoms with Gasteiger partial charge in [0.05, 0.1) is 22.2 Å². The second-order valence-electron chi connectivity index (χ2n) is 11.7. The third kappa shape index (κ3) is 4.30. The molecule has 0 bridgehead atoms. The Labute approximate surface area is 244 Å². The van der Waals surface area contributed by atoms with Crippen LogP contribution < -0.4 is 17.0 Å². The van der Waals surface area contributed by atoms with Crippen LogP contribution in [0.2, 0.25) is 5.02 Å². The number of aliphatic hydroxyl groups is 1. The molecule has 1 amide bonds. The first kappa shape index (κ1) is 28.1. The van der Waals surface area contributed by atoms with Gasteiger partial charge in [-0.1, -0.05) is 29.3 Å². The van der Waals surface area contributed by atoms with Crippen molar-refractivity contribution in [2.24, 2.45) is 11.7 Å². The maximum absolute atomic E-state index is 14.4. The topological polar surface area (TPSA) is 118 Å². The Balaban J connectivity index is 1.59. The summed E-state index contributed by atoms with van der Waals surface area (Å²) in [6, 6.07) is 8.09. The van der Waals surface area contributed by atoms with E-state index in [0.29, 0.717) is 47.6 Å². The number of aromatic amines is 1. The van der Waals surface area contributed by atoms with Crippen molar-refractivity contribution in [3.63, 3.8) is 0 Å². The molecule has 4 aromatic rings. The predicted octanol–water partition coefficient (Wildman–Crippen LogP) is 5.57. The minimum atomic E-state index is -1.04. The molecule has 0 saturated heterocycles. The van der Waals surface area contributed by atoms with Gasteiger partial charge in [-0.2, -0.15) is 0 Å². The van der Waals surface area contributed by atoms with Crippen molar-refractivity contribution >= 4 is 34.0 Å². The third-order valence-corrected chi connectivity index (χ3v) is 9.04. The van der Waals surface area contributed by atoms with Crippen molar-refractivity contribution in [1.29, 1.82) is 0 Å². The van der Waals surface area contributed by atoms with E-state index in [-0.39, 0.29) is 27.5 Å². The second-order valence-corrected chi connectivity index (χ2v) is 12.1. The van der Waals surface area contributed by atoms with E-state index in [0.717, 1.165) is 39.3 Å². The van der Waals surface area contributed by atoms with E-state index >= 15 is 0 Å². The van der Waals surface area contributed by atoms with Crippen LogP contribution in [0.15, 0.2) is 51.6 Å². The number of primary amides is 1. The molecule has 2 aliphatic rings. The molecular weight excluding hydrogens is 564 g/mol. The minimum absolute atomic E-state index is 0.0488. The molecule has 10 heteroatoms. The molecular formula is C32H28ClF2N3O4. The van der Waals surface area contributed by atoms with Crippen LogP contribution in [-0.2, 0) is 6.42 Å². The number of fused-ring (bicyclic) bond motifs is 3. The Kier molecular flexibility index (Phi) is 6.51. The highest BCUT2D eigenvalue weighted by atomic mass is 35.5. The molecule has 0 spiro atoms. The fraction of sp³-hybridized carbons (Fsp3) is 0.281. The lowest BCUT2D eigenvalue weighted by molar-refractivity contribution is 0.0123. The van der Waals surface area contributed by atoms with Gasteiger partial charge in [-0.25, -0.2) is 18.1 Å². The summed E-state index contributed by atoms with van der Waals surface area (Å²) in [5.41, 5.74) is 8.87. The highest BCUT2D eigenvalue weighted by Crippen LogP contribution is 2.52. The van der Waals surface area contributed by atoms with Crippen molar-refractivity contribution in [3.8, 4) is 16.8 Å². The number of carbonyl (C=O) groups is 1. The first-order valence-electron chi connectivity index (χ1n) is 13.6. The van der Waals surface area contributed by atoms with Crippen LogP contribution in [0.5, 0.6) is 0 Å². The predicted molar refractivity (Wildman–Crippen MR) is 158 cm³/mol. The lowest BCUT2D eigenvalue weighted by Gasteiger charge is -2.33. The summed E-state index contributed by atoms with van der Waals surface area (Å²) >= 11 is 6.88. The fourth-order valence-corrected chi connectivity index (χ4v) is 6.91. The fourth-order valence-electron chi connectivity index (χ4n) is 6.61. The van der Waals surface area contributed by atoms with E-state index < -0.39 is 34.4 Å². The number of carbonyl (C=O) groups excluding carboxylic acids is 1. The van der Waals surface area contributed by atoms with Gasteiger partial charge in [0.1, 0.15) is 5.82 Å². The Morgan fingerprint density at radius 2 is 1.90 bits per heavy atom. The summed E-state index contributed by atoms with van der Waals surface area (Å²) in [7, 11) is 0. The van der Waals surface area contributed by atoms with Crippen LogP contribution >= 0.6 is 11.6 Å². The van der Waals surface area contributed by atoms with Crippen LogP contribution in [0.4, 0.5) is 8.78 Å². The maximum atomic E-state index is 14.4. The highest BCUT2D eigenvalue weighted by molar-refractivity contribution is 6.34. The van der Waals surface area contributed by atoms with E-state index in [2.05, 4.69) is 4.98 Å². The standard InChI is InChI=1S/C32H28ClF2N3O4/c1-14-18(5-4-6-25(14)38-30(40)22-11-17(34)12-24(35)28(22)37-31(38)41)27-23(33)13-21(29(36)39)20-10-15-9-16(32(2,3)42)7-8-19(15)26(20)27/h4-6,11-13,16,42H,7-10H2,1-3H3,(H2,36,39)(H,37,41)/t16-/m0/s1. The lowest BCUT2D eigenvalue weighted by Crippen LogP contribution is -2.34. The number of hydrogen-bond acceptors (Lipinski definition) is 4. The summed E-state index contributed by atoms with van der Waals surface area (Å²) in [6.07, 6.45) is 2.58. The molecule has 1 aromatic heterocycles. The van der Waals surface area contributed by atoms with Crippen LogP contribution in [0.3, 0.4) is 0 Å². The van der Waals surface area contributed by atoms with E-state index in [1.54, 1.807) is 39.0 Å². The first-order chi connectivity index (χ1) is 19.8. The van der Waals surface area contributed by atoms with Crippen LogP contribution in [0, 0.1) is 24.5 Å². The molecule has 0 aliphatic heterocycles. The van der Waals surface area contributed by atoms with Gasteiger partial charge < -0.3 is 15.8 Å². The van der Waals surface area contributed by atoms with E-state index in [1.165, 1.54) is 0 Å². The molecule has 42 heavy (non-hydrogen) atoms. The largest absolute Gasteiger partial charge is 0.390 e. The number of halogens is 3. The van der Waals surface area contributed by atoms with Gasteiger partial charge in [-0.15, -0.1) is 0 Å². The zero-order valence-corrected chi connectivity index (χ0v) is 24.0. The average molecular weight is 592 g/mol. The molecule has 0 saturated carbocycles. The Morgan fingerprint density at radius 1 is 1.17 bits per heavy atom. The minimum Gasteiger partial charge on any atom is -0.390 e. The van der Waals surface area contributed by atoms with Crippen molar-refractivity contribution in [2.45, 2.75) is 52.1 Å². The zero-order chi connectivity index (χ0) is 30.2. The number of hydrogen-bond donors (Lipinski definition) is 3. The molecule has 0 fully saturated rings. The van der Waals surface area contributed by atoms with E-state index in [4.69, 9.17) is 17.3 Å². The number of allylic oxidation sites excluding steroid dienone is 2. The van der Waals surface area contributed by atoms with Gasteiger partial charge in [0.25, 0.3) is 5.56 Å². The molecule has 0 radical (unpaired) electrons. The third-order valence-electron chi connectivity index (χ3n) is 8.74. The van der Waals surface area contributed by atoms with Crippen LogP contribution in [-0.4, -0.2) is 26.2 Å². The Hall–Kier alpha value is -4.08. The van der Waals surface area contributed by atoms with Crippen molar-refractivity contribution in [2.75, 3.05) is 0 Å². The normalized spacial score (nSPS) is 16.6. The zero-order valence-electron chi connectivity index (χ0n) is 23.2. The van der Waals surface area contributed by atoms with Crippen molar-refractivity contribution in [3.05, 3.63) is 102 Å². The van der Waals surface area contributed by atoms with Crippen molar-refractivity contribution < 1.29 is 18.7 Å². The van der Waals surface area contributed by atoms with Gasteiger partial charge in [-0.05, 0) is 98.4 Å². The molecule has 1 heterocycles. The number of H-pyrrole nitrogens is 1. The molecule has 216 valence electrons. The average Bonchev–Trinajstić information content (AvgIpc) is 3.28. The summed E-state index contributed by atoms with van der Waals surface area (Å²) in [6.45, 7) is 5.33. The van der Waals surface area contributed by atoms with Crippen LogP contribution in [0.25, 0.3) is 33.3 Å². The van der Waals surface area contributed by atoms with Crippen LogP contribution in [0.1, 0.15) is 60.2 Å². The Morgan fingerprint density at radius 3 is 2.60 bits per heavy atom. The number of aromatic nitrogens is 2. The first-order valence-corrected chi connectivity index (χ1v) is 14.0. The van der Waals surface area contributed by atoms with Gasteiger partial charge >= 0.3 is 5.69 Å². The molecule has 1 atom stereocenters. The second kappa shape index (κ2) is 9.74. The summed E-state index contributed by atoms with van der Waals surface area (Å²) < 4.78 is 29.2. The lowest BCUT2D eigenvalue weighted by atomic mass is 9.75. The number of benzene rings is 3. The number of nitrogens with zero attached hydrogens (tertiary/aromatic N) is 1. The van der Waals surface area contributed by atoms with Gasteiger partial charge in [0.2, 0.25) is 5.91 Å². The summed E-state index contributed by atoms with van der Waals surface area (Å²) in [5.74, 6) is -2.54. The summed E-state index contributed by atoms with van der Waals surface area (Å²) in [4.78, 5) is 41.4. The highest BCUT2D eigenvalue weighted by Gasteiger charge is 2.38. The molecule has 3 aromatic carbocycles. The van der Waals surface area contributed by atoms with Gasteiger partial charge in [0.15, 0.2) is 5.82 Å². The Bertz CT molecular complexity index is 2000. The smallest absolute Gasteiger partial charge is 0.333 e. The van der Waals surface area contributed by atoms with E-state index in [1.807, 2.05) is 6.07 Å². The SMILES string of the molecule is Cc1c(-c2c(Cl)cc(C(N)=O)c3c2C2=C(C3)C[C@@H](C(C)(C)O)CC2)cccc1-n1c(=O)[nH]c2c(F)cc(F)cc2c1=O.